The van der Waals surface area contributed by atoms with Crippen LogP contribution in [0.5, 0.6) is 11.5 Å². The lowest BCUT2D eigenvalue weighted by atomic mass is 9.93. The lowest BCUT2D eigenvalue weighted by Gasteiger charge is -2.31. The van der Waals surface area contributed by atoms with E-state index in [1.807, 2.05) is 25.1 Å². The molecule has 1 aromatic rings. The maximum atomic E-state index is 5.63. The number of aliphatic imine (C=N–C) groups is 1. The molecule has 0 bridgehead atoms. The van der Waals surface area contributed by atoms with Crippen LogP contribution in [0.1, 0.15) is 33.1 Å². The van der Waals surface area contributed by atoms with E-state index in [2.05, 4.69) is 27.4 Å². The Morgan fingerprint density at radius 2 is 2.00 bits per heavy atom. The van der Waals surface area contributed by atoms with Crippen molar-refractivity contribution in [1.82, 2.24) is 10.2 Å². The number of methoxy groups -OCH3 is 1. The average molecular weight is 363 g/mol. The van der Waals surface area contributed by atoms with Gasteiger partial charge in [-0.25, -0.2) is 0 Å². The molecule has 0 amide bonds. The van der Waals surface area contributed by atoms with Crippen molar-refractivity contribution < 1.29 is 9.47 Å². The first-order valence-electron chi connectivity index (χ1n) is 9.71. The fourth-order valence-electron chi connectivity index (χ4n) is 3.32. The SMILES string of the molecule is CCOc1cc(NC(=NC)NCCC2CCN(CC)CC2)ccc1OC. The van der Waals surface area contributed by atoms with Gasteiger partial charge >= 0.3 is 0 Å². The van der Waals surface area contributed by atoms with Gasteiger partial charge < -0.3 is 25.0 Å². The van der Waals surface area contributed by atoms with Crippen LogP contribution in [0, 0.1) is 5.92 Å². The van der Waals surface area contributed by atoms with E-state index in [1.165, 1.54) is 38.9 Å². The summed E-state index contributed by atoms with van der Waals surface area (Å²) in [6.07, 6.45) is 3.79. The van der Waals surface area contributed by atoms with Gasteiger partial charge in [-0.15, -0.1) is 0 Å². The number of nitrogens with one attached hydrogen (secondary N) is 2. The Morgan fingerprint density at radius 3 is 2.62 bits per heavy atom. The molecule has 2 rings (SSSR count). The molecule has 26 heavy (non-hydrogen) atoms. The maximum absolute atomic E-state index is 5.63. The Bertz CT molecular complexity index is 569. The van der Waals surface area contributed by atoms with Gasteiger partial charge in [0.1, 0.15) is 0 Å². The Morgan fingerprint density at radius 1 is 1.23 bits per heavy atom. The molecular formula is C20H34N4O2. The summed E-state index contributed by atoms with van der Waals surface area (Å²) in [6, 6.07) is 5.81. The Balaban J connectivity index is 1.81. The summed E-state index contributed by atoms with van der Waals surface area (Å²) in [5.41, 5.74) is 0.929. The molecule has 0 saturated carbocycles. The molecule has 6 heteroatoms. The number of hydrogen-bond donors (Lipinski definition) is 2. The third-order valence-electron chi connectivity index (χ3n) is 4.95. The number of likely N-dealkylation sites (tertiary alicyclic amines) is 1. The van der Waals surface area contributed by atoms with E-state index < -0.39 is 0 Å². The molecule has 1 aliphatic rings. The van der Waals surface area contributed by atoms with Crippen LogP contribution in [0.4, 0.5) is 5.69 Å². The van der Waals surface area contributed by atoms with Crippen LogP contribution >= 0.6 is 0 Å². The molecule has 1 aliphatic heterocycles. The van der Waals surface area contributed by atoms with Gasteiger partial charge in [0, 0.05) is 25.3 Å². The third-order valence-corrected chi connectivity index (χ3v) is 4.95. The lowest BCUT2D eigenvalue weighted by Crippen LogP contribution is -2.36. The summed E-state index contributed by atoms with van der Waals surface area (Å²) >= 11 is 0. The smallest absolute Gasteiger partial charge is 0.195 e. The van der Waals surface area contributed by atoms with Crippen LogP contribution in [0.2, 0.25) is 0 Å². The molecule has 0 aliphatic carbocycles. The second-order valence-electron chi connectivity index (χ2n) is 6.59. The fourth-order valence-corrected chi connectivity index (χ4v) is 3.32. The van der Waals surface area contributed by atoms with Crippen molar-refractivity contribution in [2.45, 2.75) is 33.1 Å². The van der Waals surface area contributed by atoms with E-state index >= 15 is 0 Å². The van der Waals surface area contributed by atoms with E-state index in [4.69, 9.17) is 9.47 Å². The van der Waals surface area contributed by atoms with Gasteiger partial charge in [0.15, 0.2) is 17.5 Å². The van der Waals surface area contributed by atoms with Gasteiger partial charge in [-0.1, -0.05) is 6.92 Å². The minimum atomic E-state index is 0.601. The van der Waals surface area contributed by atoms with Gasteiger partial charge in [-0.05, 0) is 63.9 Å². The zero-order valence-electron chi connectivity index (χ0n) is 16.7. The van der Waals surface area contributed by atoms with Gasteiger partial charge in [0.25, 0.3) is 0 Å². The first kappa shape index (κ1) is 20.4. The highest BCUT2D eigenvalue weighted by molar-refractivity contribution is 5.93. The average Bonchev–Trinajstić information content (AvgIpc) is 2.68. The predicted octanol–water partition coefficient (Wildman–Crippen LogP) is 3.20. The molecule has 0 unspecified atom stereocenters. The minimum Gasteiger partial charge on any atom is -0.493 e. The molecule has 0 spiro atoms. The molecule has 6 nitrogen and oxygen atoms in total. The van der Waals surface area contributed by atoms with Crippen molar-refractivity contribution in [2.24, 2.45) is 10.9 Å². The molecule has 0 atom stereocenters. The highest BCUT2D eigenvalue weighted by Gasteiger charge is 2.17. The van der Waals surface area contributed by atoms with Crippen LogP contribution in [0.25, 0.3) is 0 Å². The lowest BCUT2D eigenvalue weighted by molar-refractivity contribution is 0.187. The summed E-state index contributed by atoms with van der Waals surface area (Å²) in [7, 11) is 3.44. The zero-order chi connectivity index (χ0) is 18.8. The number of benzene rings is 1. The Labute approximate surface area is 158 Å². The summed E-state index contributed by atoms with van der Waals surface area (Å²) in [5, 5.41) is 6.75. The highest BCUT2D eigenvalue weighted by atomic mass is 16.5. The summed E-state index contributed by atoms with van der Waals surface area (Å²) in [5.74, 6) is 3.06. The minimum absolute atomic E-state index is 0.601. The van der Waals surface area contributed by atoms with Crippen LogP contribution in [-0.2, 0) is 0 Å². The molecule has 1 heterocycles. The topological polar surface area (TPSA) is 58.1 Å². The fraction of sp³-hybridized carbons (Fsp3) is 0.650. The summed E-state index contributed by atoms with van der Waals surface area (Å²) < 4.78 is 11.0. The van der Waals surface area contributed by atoms with Crippen molar-refractivity contribution in [2.75, 3.05) is 52.3 Å². The normalized spacial score (nSPS) is 16.4. The number of guanidine groups is 1. The van der Waals surface area contributed by atoms with Crippen molar-refractivity contribution in [1.29, 1.82) is 0 Å². The summed E-state index contributed by atoms with van der Waals surface area (Å²) in [6.45, 7) is 9.39. The van der Waals surface area contributed by atoms with Crippen molar-refractivity contribution in [3.63, 3.8) is 0 Å². The van der Waals surface area contributed by atoms with Crippen molar-refractivity contribution >= 4 is 11.6 Å². The van der Waals surface area contributed by atoms with E-state index in [0.29, 0.717) is 6.61 Å². The maximum Gasteiger partial charge on any atom is 0.195 e. The summed E-state index contributed by atoms with van der Waals surface area (Å²) in [4.78, 5) is 6.86. The number of piperidine rings is 1. The van der Waals surface area contributed by atoms with Crippen LogP contribution in [0.15, 0.2) is 23.2 Å². The second kappa shape index (κ2) is 10.9. The molecule has 0 aromatic heterocycles. The number of rotatable bonds is 8. The second-order valence-corrected chi connectivity index (χ2v) is 6.59. The quantitative estimate of drug-likeness (QED) is 0.549. The van der Waals surface area contributed by atoms with Gasteiger partial charge in [0.05, 0.1) is 13.7 Å². The highest BCUT2D eigenvalue weighted by Crippen LogP contribution is 2.30. The number of nitrogens with zero attached hydrogens (tertiary/aromatic N) is 2. The Hall–Kier alpha value is -1.95. The number of anilines is 1. The van der Waals surface area contributed by atoms with Crippen molar-refractivity contribution in [3.8, 4) is 11.5 Å². The first-order chi connectivity index (χ1) is 12.7. The van der Waals surface area contributed by atoms with Gasteiger partial charge in [-0.3, -0.25) is 4.99 Å². The van der Waals surface area contributed by atoms with E-state index in [0.717, 1.165) is 35.6 Å². The standard InChI is InChI=1S/C20H34N4O2/c1-5-24-13-10-16(11-14-24)9-12-22-20(21-3)23-17-7-8-18(25-4)19(15-17)26-6-2/h7-8,15-16H,5-6,9-14H2,1-4H3,(H2,21,22,23). The third kappa shape index (κ3) is 6.09. The zero-order valence-corrected chi connectivity index (χ0v) is 16.7. The first-order valence-corrected chi connectivity index (χ1v) is 9.71. The molecule has 146 valence electrons. The van der Waals surface area contributed by atoms with Crippen molar-refractivity contribution in [3.05, 3.63) is 18.2 Å². The molecule has 1 fully saturated rings. The largest absolute Gasteiger partial charge is 0.493 e. The molecule has 0 radical (unpaired) electrons. The van der Waals surface area contributed by atoms with E-state index in [9.17, 15) is 0 Å². The van der Waals surface area contributed by atoms with Crippen LogP contribution in [0.3, 0.4) is 0 Å². The molecule has 1 saturated heterocycles. The van der Waals surface area contributed by atoms with E-state index in [1.54, 1.807) is 14.2 Å². The van der Waals surface area contributed by atoms with E-state index in [-0.39, 0.29) is 0 Å². The monoisotopic (exact) mass is 362 g/mol. The van der Waals surface area contributed by atoms with Gasteiger partial charge in [0.2, 0.25) is 0 Å². The van der Waals surface area contributed by atoms with Crippen LogP contribution < -0.4 is 20.1 Å². The molecule has 2 N–H and O–H groups in total. The molecular weight excluding hydrogens is 328 g/mol. The van der Waals surface area contributed by atoms with Crippen LogP contribution in [-0.4, -0.2) is 57.8 Å². The Kier molecular flexibility index (Phi) is 8.54. The number of ether oxygens (including phenoxy) is 2. The number of hydrogen-bond acceptors (Lipinski definition) is 4. The predicted molar refractivity (Wildman–Crippen MR) is 109 cm³/mol. The molecule has 1 aromatic carbocycles. The van der Waals surface area contributed by atoms with Gasteiger partial charge in [-0.2, -0.15) is 0 Å².